The molecule has 9 heteroatoms. The van der Waals surface area contributed by atoms with Gasteiger partial charge in [0.05, 0.1) is 5.56 Å². The Bertz CT molecular complexity index is 414. The molecule has 19 heavy (non-hydrogen) atoms. The van der Waals surface area contributed by atoms with Crippen LogP contribution in [0.1, 0.15) is 19.4 Å². The quantitative estimate of drug-likeness (QED) is 0.521. The molecular weight excluding hydrogens is 262 g/mol. The molecule has 1 aromatic carbocycles. The van der Waals surface area contributed by atoms with Gasteiger partial charge < -0.3 is 14.3 Å². The summed E-state index contributed by atoms with van der Waals surface area (Å²) in [7, 11) is -2.08. The van der Waals surface area contributed by atoms with Gasteiger partial charge in [0.2, 0.25) is 0 Å². The largest absolute Gasteiger partial charge is 1.00 e. The Kier molecular flexibility index (Phi) is 6.94. The van der Waals surface area contributed by atoms with E-state index in [1.54, 1.807) is 0 Å². The summed E-state index contributed by atoms with van der Waals surface area (Å²) < 4.78 is 59.6. The van der Waals surface area contributed by atoms with Crippen LogP contribution in [0.4, 0.5) is 17.6 Å². The van der Waals surface area contributed by atoms with Crippen molar-refractivity contribution < 1.29 is 50.8 Å². The molecule has 0 aliphatic carbocycles. The van der Waals surface area contributed by atoms with Crippen LogP contribution in [-0.2, 0) is 10.8 Å². The van der Waals surface area contributed by atoms with Gasteiger partial charge in [0.25, 0.3) is 0 Å². The number of halogens is 4. The molecule has 0 aliphatic rings. The van der Waals surface area contributed by atoms with E-state index >= 15 is 0 Å². The third kappa shape index (κ3) is 5.45. The minimum absolute atomic E-state index is 0. The van der Waals surface area contributed by atoms with Gasteiger partial charge in [0.1, 0.15) is 5.75 Å². The van der Waals surface area contributed by atoms with Gasteiger partial charge in [-0.05, 0) is 26.0 Å². The van der Waals surface area contributed by atoms with Gasteiger partial charge in [-0.25, -0.2) is 4.39 Å². The smallest absolute Gasteiger partial charge is 0.820 e. The van der Waals surface area contributed by atoms with Gasteiger partial charge in [-0.2, -0.15) is 13.2 Å². The summed E-state index contributed by atoms with van der Waals surface area (Å²) in [5.74, 6) is -2.41. The Hall–Kier alpha value is -0.678. The van der Waals surface area contributed by atoms with E-state index in [2.05, 4.69) is 9.31 Å². The monoisotopic (exact) mass is 272 g/mol. The fraction of sp³-hybridized carbons (Fsp3) is 0.400. The molecule has 3 nitrogen and oxygen atoms in total. The number of benzene rings is 1. The van der Waals surface area contributed by atoms with Crippen LogP contribution in [0, 0.1) is 5.82 Å². The molecule has 0 heterocycles. The first kappa shape index (κ1) is 18.3. The summed E-state index contributed by atoms with van der Waals surface area (Å²) in [6, 6.07) is 2.44. The molecule has 0 N–H and O–H groups in total. The Morgan fingerprint density at radius 2 is 1.84 bits per heavy atom. The van der Waals surface area contributed by atoms with E-state index in [0.29, 0.717) is 6.07 Å². The van der Waals surface area contributed by atoms with Crippen molar-refractivity contribution in [3.8, 4) is 5.75 Å². The molecule has 100 valence electrons. The van der Waals surface area contributed by atoms with Crippen molar-refractivity contribution in [2.45, 2.75) is 26.1 Å². The molecule has 0 bridgehead atoms. The van der Waals surface area contributed by atoms with Crippen molar-refractivity contribution >= 4 is 7.32 Å². The van der Waals surface area contributed by atoms with Crippen molar-refractivity contribution in [3.05, 3.63) is 29.6 Å². The van der Waals surface area contributed by atoms with E-state index in [9.17, 15) is 22.6 Å². The summed E-state index contributed by atoms with van der Waals surface area (Å²) in [6.07, 6.45) is -5.33. The number of hydrogen-bond acceptors (Lipinski definition) is 3. The molecule has 0 atom stereocenters. The summed E-state index contributed by atoms with van der Waals surface area (Å²) in [6.45, 7) is 3.08. The molecule has 0 spiro atoms. The number of hydrogen-bond donors (Lipinski definition) is 0. The molecule has 0 radical (unpaired) electrons. The summed E-state index contributed by atoms with van der Waals surface area (Å²) in [4.78, 5) is 0. The van der Waals surface area contributed by atoms with Gasteiger partial charge in [-0.3, -0.25) is 0 Å². The molecule has 0 saturated heterocycles. The SMILES string of the molecule is CC(C)OB([O-])Oc1cccc(C(F)(F)F)c1F.[Li+]. The zero-order valence-corrected chi connectivity index (χ0v) is 10.6. The second kappa shape index (κ2) is 7.20. The second-order valence-corrected chi connectivity index (χ2v) is 3.71. The van der Waals surface area contributed by atoms with Crippen LogP contribution in [0.15, 0.2) is 18.2 Å². The van der Waals surface area contributed by atoms with Gasteiger partial charge in [0, 0.05) is 6.10 Å². The normalized spacial score (nSPS) is 11.2. The molecular formula is C10H10BF4LiO3. The van der Waals surface area contributed by atoms with Crippen LogP contribution in [0.25, 0.3) is 0 Å². The van der Waals surface area contributed by atoms with Gasteiger partial charge in [0.15, 0.2) is 5.82 Å². The molecule has 0 unspecified atom stereocenters. The van der Waals surface area contributed by atoms with Crippen molar-refractivity contribution in [1.82, 2.24) is 0 Å². The van der Waals surface area contributed by atoms with Crippen molar-refractivity contribution in [1.29, 1.82) is 0 Å². The molecule has 0 aromatic heterocycles. The summed E-state index contributed by atoms with van der Waals surface area (Å²) in [5.41, 5.74) is -1.49. The van der Waals surface area contributed by atoms with Gasteiger partial charge in [-0.1, -0.05) is 6.07 Å². The third-order valence-electron chi connectivity index (χ3n) is 1.88. The molecule has 0 amide bonds. The molecule has 1 aromatic rings. The second-order valence-electron chi connectivity index (χ2n) is 3.71. The van der Waals surface area contributed by atoms with Crippen LogP contribution in [-0.4, -0.2) is 13.4 Å². The molecule has 0 fully saturated rings. The van der Waals surface area contributed by atoms with Crippen molar-refractivity contribution in [2.75, 3.05) is 0 Å². The van der Waals surface area contributed by atoms with E-state index in [-0.39, 0.29) is 18.9 Å². The first-order valence-electron chi connectivity index (χ1n) is 5.05. The van der Waals surface area contributed by atoms with E-state index in [4.69, 9.17) is 0 Å². The third-order valence-corrected chi connectivity index (χ3v) is 1.88. The maximum atomic E-state index is 13.4. The molecule has 0 saturated carbocycles. The molecule has 0 aliphatic heterocycles. The first-order chi connectivity index (χ1) is 8.21. The fourth-order valence-corrected chi connectivity index (χ4v) is 1.17. The molecule has 1 rings (SSSR count). The van der Waals surface area contributed by atoms with Crippen molar-refractivity contribution in [2.24, 2.45) is 0 Å². The Morgan fingerprint density at radius 3 is 2.32 bits per heavy atom. The zero-order chi connectivity index (χ0) is 13.9. The minimum atomic E-state index is -4.85. The van der Waals surface area contributed by atoms with Gasteiger partial charge >= 0.3 is 32.4 Å². The standard InChI is InChI=1S/C10H10BF4O3.Li/c1-6(2)17-11(16)18-8-5-3-4-7(9(8)12)10(13,14)15;/h3-6H,1-2H3;/q-1;+1. The van der Waals surface area contributed by atoms with Crippen molar-refractivity contribution in [3.63, 3.8) is 0 Å². The first-order valence-corrected chi connectivity index (χ1v) is 5.05. The number of alkyl halides is 3. The average Bonchev–Trinajstić information content (AvgIpc) is 2.18. The predicted octanol–water partition coefficient (Wildman–Crippen LogP) is -1.00. The van der Waals surface area contributed by atoms with Crippen LogP contribution in [0.2, 0.25) is 0 Å². The fourth-order valence-electron chi connectivity index (χ4n) is 1.17. The minimum Gasteiger partial charge on any atom is -0.820 e. The van der Waals surface area contributed by atoms with Crippen LogP contribution >= 0.6 is 0 Å². The summed E-state index contributed by atoms with van der Waals surface area (Å²) in [5, 5.41) is 11.1. The average molecular weight is 272 g/mol. The maximum Gasteiger partial charge on any atom is 1.00 e. The Balaban J connectivity index is 0.00000324. The summed E-state index contributed by atoms with van der Waals surface area (Å²) >= 11 is 0. The predicted molar refractivity (Wildman–Crippen MR) is 54.0 cm³/mol. The van der Waals surface area contributed by atoms with Crippen LogP contribution in [0.3, 0.4) is 0 Å². The van der Waals surface area contributed by atoms with E-state index in [0.717, 1.165) is 12.1 Å². The number of rotatable bonds is 4. The topological polar surface area (TPSA) is 41.5 Å². The van der Waals surface area contributed by atoms with E-state index in [1.807, 2.05) is 0 Å². The van der Waals surface area contributed by atoms with Crippen LogP contribution in [0.5, 0.6) is 5.75 Å². The van der Waals surface area contributed by atoms with E-state index in [1.165, 1.54) is 13.8 Å². The Labute approximate surface area is 120 Å². The van der Waals surface area contributed by atoms with Gasteiger partial charge in [-0.15, -0.1) is 0 Å². The van der Waals surface area contributed by atoms with E-state index < -0.39 is 36.7 Å². The Morgan fingerprint density at radius 1 is 1.26 bits per heavy atom. The zero-order valence-electron chi connectivity index (χ0n) is 10.6. The van der Waals surface area contributed by atoms with Crippen LogP contribution < -0.4 is 28.5 Å². The maximum absolute atomic E-state index is 13.4.